The Kier molecular flexibility index (Phi) is 4.69. The van der Waals surface area contributed by atoms with Crippen LogP contribution in [0.1, 0.15) is 12.8 Å². The summed E-state index contributed by atoms with van der Waals surface area (Å²) in [5.74, 6) is 0. The normalized spacial score (nSPS) is 23.1. The van der Waals surface area contributed by atoms with E-state index in [-0.39, 0.29) is 19.3 Å². The van der Waals surface area contributed by atoms with E-state index in [2.05, 4.69) is 10.2 Å². The number of aliphatic hydroxyl groups is 1. The van der Waals surface area contributed by atoms with Crippen LogP contribution in [-0.4, -0.2) is 55.5 Å². The van der Waals surface area contributed by atoms with E-state index in [4.69, 9.17) is 9.84 Å². The van der Waals surface area contributed by atoms with Crippen molar-refractivity contribution in [1.29, 1.82) is 0 Å². The molecular weight excluding hydrogens is 184 g/mol. The molecule has 0 spiro atoms. The third kappa shape index (κ3) is 3.93. The molecule has 1 saturated heterocycles. The molecule has 14 heavy (non-hydrogen) atoms. The van der Waals surface area contributed by atoms with Crippen molar-refractivity contribution in [3.8, 4) is 0 Å². The summed E-state index contributed by atoms with van der Waals surface area (Å²) in [5, 5.41) is 11.2. The second kappa shape index (κ2) is 5.82. The summed E-state index contributed by atoms with van der Waals surface area (Å²) in [6.07, 6.45) is 1.67. The number of piperidine rings is 1. The lowest BCUT2D eigenvalue weighted by molar-refractivity contribution is 0.111. The number of rotatable bonds is 3. The maximum Gasteiger partial charge on any atom is 0.407 e. The molecule has 1 fully saturated rings. The average molecular weight is 202 g/mol. The number of hydrogen-bond donors (Lipinski definition) is 2. The van der Waals surface area contributed by atoms with Gasteiger partial charge in [-0.1, -0.05) is 0 Å². The number of likely N-dealkylation sites (N-methyl/N-ethyl adjacent to an activating group) is 1. The highest BCUT2D eigenvalue weighted by atomic mass is 16.6. The first-order chi connectivity index (χ1) is 6.72. The first-order valence-electron chi connectivity index (χ1n) is 4.95. The number of aliphatic hydroxyl groups excluding tert-OH is 1. The van der Waals surface area contributed by atoms with Gasteiger partial charge in [-0.05, 0) is 26.4 Å². The highest BCUT2D eigenvalue weighted by Gasteiger charge is 2.19. The predicted octanol–water partition coefficient (Wildman–Crippen LogP) is -0.201. The Morgan fingerprint density at radius 2 is 2.50 bits per heavy atom. The number of nitrogens with one attached hydrogen (secondary N) is 1. The second-order valence-electron chi connectivity index (χ2n) is 3.61. The number of carbonyl (C=O) groups is 1. The second-order valence-corrected chi connectivity index (χ2v) is 3.61. The van der Waals surface area contributed by atoms with Gasteiger partial charge in [-0.3, -0.25) is 0 Å². The number of carbonyl (C=O) groups excluding carboxylic acids is 1. The first kappa shape index (κ1) is 11.3. The zero-order valence-corrected chi connectivity index (χ0v) is 8.53. The number of ether oxygens (including phenoxy) is 1. The van der Waals surface area contributed by atoms with Crippen LogP contribution in [0.4, 0.5) is 4.79 Å². The van der Waals surface area contributed by atoms with Crippen molar-refractivity contribution in [2.45, 2.75) is 18.9 Å². The monoisotopic (exact) mass is 202 g/mol. The Labute approximate surface area is 84.0 Å². The molecular formula is C9H18N2O3. The Hall–Kier alpha value is -0.810. The molecule has 0 aromatic heterocycles. The van der Waals surface area contributed by atoms with Crippen LogP contribution in [0.3, 0.4) is 0 Å². The summed E-state index contributed by atoms with van der Waals surface area (Å²) in [5.41, 5.74) is 0. The number of hydrogen-bond acceptors (Lipinski definition) is 4. The van der Waals surface area contributed by atoms with Gasteiger partial charge in [-0.2, -0.15) is 0 Å². The van der Waals surface area contributed by atoms with Crippen molar-refractivity contribution in [2.24, 2.45) is 0 Å². The number of nitrogens with zero attached hydrogens (tertiary/aromatic N) is 1. The fraction of sp³-hybridized carbons (Fsp3) is 0.889. The number of amides is 1. The van der Waals surface area contributed by atoms with Crippen molar-refractivity contribution in [3.05, 3.63) is 0 Å². The topological polar surface area (TPSA) is 61.8 Å². The van der Waals surface area contributed by atoms with Crippen molar-refractivity contribution in [2.75, 3.05) is 33.4 Å². The van der Waals surface area contributed by atoms with Gasteiger partial charge in [-0.25, -0.2) is 4.79 Å². The molecule has 1 heterocycles. The van der Waals surface area contributed by atoms with E-state index in [1.807, 2.05) is 7.05 Å². The minimum absolute atomic E-state index is 0.0639. The molecule has 82 valence electrons. The molecule has 0 radical (unpaired) electrons. The lowest BCUT2D eigenvalue weighted by Crippen LogP contribution is -2.46. The fourth-order valence-corrected chi connectivity index (χ4v) is 1.63. The van der Waals surface area contributed by atoms with E-state index in [0.29, 0.717) is 0 Å². The van der Waals surface area contributed by atoms with Crippen molar-refractivity contribution in [3.63, 3.8) is 0 Å². The van der Waals surface area contributed by atoms with Crippen molar-refractivity contribution < 1.29 is 14.6 Å². The molecule has 1 aliphatic heterocycles. The van der Waals surface area contributed by atoms with Crippen LogP contribution in [-0.2, 0) is 4.74 Å². The van der Waals surface area contributed by atoms with Crippen LogP contribution < -0.4 is 5.32 Å². The lowest BCUT2D eigenvalue weighted by atomic mass is 10.1. The smallest absolute Gasteiger partial charge is 0.407 e. The summed E-state index contributed by atoms with van der Waals surface area (Å²) in [6.45, 7) is 1.89. The molecule has 5 nitrogen and oxygen atoms in total. The standard InChI is InChI=1S/C9H18N2O3/c1-11-4-2-3-8(7-11)10-9(13)14-6-5-12/h8,12H,2-7H2,1H3,(H,10,13). The molecule has 2 N–H and O–H groups in total. The molecule has 0 aliphatic carbocycles. The Balaban J connectivity index is 2.18. The van der Waals surface area contributed by atoms with Crippen LogP contribution >= 0.6 is 0 Å². The maximum absolute atomic E-state index is 11.1. The summed E-state index contributed by atoms with van der Waals surface area (Å²) < 4.78 is 4.71. The van der Waals surface area contributed by atoms with E-state index in [1.54, 1.807) is 0 Å². The summed E-state index contributed by atoms with van der Waals surface area (Å²) >= 11 is 0. The van der Waals surface area contributed by atoms with E-state index in [0.717, 1.165) is 25.9 Å². The Morgan fingerprint density at radius 1 is 1.71 bits per heavy atom. The highest BCUT2D eigenvalue weighted by Crippen LogP contribution is 2.07. The first-order valence-corrected chi connectivity index (χ1v) is 4.95. The zero-order valence-electron chi connectivity index (χ0n) is 8.53. The van der Waals surface area contributed by atoms with Crippen LogP contribution in [0.2, 0.25) is 0 Å². The van der Waals surface area contributed by atoms with Gasteiger partial charge in [0.1, 0.15) is 6.61 Å². The van der Waals surface area contributed by atoms with Gasteiger partial charge in [0.05, 0.1) is 6.61 Å². The van der Waals surface area contributed by atoms with Crippen molar-refractivity contribution in [1.82, 2.24) is 10.2 Å². The minimum Gasteiger partial charge on any atom is -0.447 e. The van der Waals surface area contributed by atoms with Crippen LogP contribution in [0.5, 0.6) is 0 Å². The van der Waals surface area contributed by atoms with Crippen molar-refractivity contribution >= 4 is 6.09 Å². The molecule has 0 bridgehead atoms. The van der Waals surface area contributed by atoms with Gasteiger partial charge in [0.25, 0.3) is 0 Å². The van der Waals surface area contributed by atoms with Gasteiger partial charge >= 0.3 is 6.09 Å². The molecule has 5 heteroatoms. The predicted molar refractivity (Wildman–Crippen MR) is 52.1 cm³/mol. The number of likely N-dealkylation sites (tertiary alicyclic amines) is 1. The van der Waals surface area contributed by atoms with Gasteiger partial charge < -0.3 is 20.1 Å². The molecule has 1 unspecified atom stereocenters. The van der Waals surface area contributed by atoms with E-state index >= 15 is 0 Å². The molecule has 1 rings (SSSR count). The van der Waals surface area contributed by atoms with Gasteiger partial charge in [0.2, 0.25) is 0 Å². The van der Waals surface area contributed by atoms with Crippen LogP contribution in [0, 0.1) is 0 Å². The third-order valence-corrected chi connectivity index (χ3v) is 2.27. The van der Waals surface area contributed by atoms with E-state index < -0.39 is 6.09 Å². The average Bonchev–Trinajstić information content (AvgIpc) is 2.15. The molecule has 1 amide bonds. The van der Waals surface area contributed by atoms with Gasteiger partial charge in [0.15, 0.2) is 0 Å². The van der Waals surface area contributed by atoms with E-state index in [1.165, 1.54) is 0 Å². The largest absolute Gasteiger partial charge is 0.447 e. The summed E-state index contributed by atoms with van der Waals surface area (Å²) in [4.78, 5) is 13.3. The zero-order chi connectivity index (χ0) is 10.4. The van der Waals surface area contributed by atoms with Crippen LogP contribution in [0.25, 0.3) is 0 Å². The highest BCUT2D eigenvalue weighted by molar-refractivity contribution is 5.67. The number of alkyl carbamates (subject to hydrolysis) is 1. The molecule has 1 atom stereocenters. The summed E-state index contributed by atoms with van der Waals surface area (Å²) in [6, 6.07) is 0.181. The summed E-state index contributed by atoms with van der Waals surface area (Å²) in [7, 11) is 2.03. The van der Waals surface area contributed by atoms with Gasteiger partial charge in [0, 0.05) is 12.6 Å². The molecule has 0 aromatic carbocycles. The minimum atomic E-state index is -0.431. The van der Waals surface area contributed by atoms with E-state index in [9.17, 15) is 4.79 Å². The lowest BCUT2D eigenvalue weighted by Gasteiger charge is -2.29. The molecule has 1 aliphatic rings. The van der Waals surface area contributed by atoms with Crippen LogP contribution in [0.15, 0.2) is 0 Å². The fourth-order valence-electron chi connectivity index (χ4n) is 1.63. The molecule has 0 aromatic rings. The Bertz CT molecular complexity index is 187. The molecule has 0 saturated carbocycles. The SMILES string of the molecule is CN1CCCC(NC(=O)OCCO)C1. The quantitative estimate of drug-likeness (QED) is 0.665. The van der Waals surface area contributed by atoms with Gasteiger partial charge in [-0.15, -0.1) is 0 Å². The maximum atomic E-state index is 11.1. The Morgan fingerprint density at radius 3 is 3.14 bits per heavy atom. The third-order valence-electron chi connectivity index (χ3n) is 2.27.